The molecule has 2 aromatic carbocycles. The predicted molar refractivity (Wildman–Crippen MR) is 82.3 cm³/mol. The molecule has 2 N–H and O–H groups in total. The summed E-state index contributed by atoms with van der Waals surface area (Å²) in [4.78, 5) is 0. The van der Waals surface area contributed by atoms with Crippen molar-refractivity contribution >= 4 is 23.2 Å². The van der Waals surface area contributed by atoms with Crippen molar-refractivity contribution in [1.29, 1.82) is 0 Å². The van der Waals surface area contributed by atoms with Gasteiger partial charge in [-0.2, -0.15) is 0 Å². The summed E-state index contributed by atoms with van der Waals surface area (Å²) >= 11 is 12.1. The fraction of sp³-hybridized carbons (Fsp3) is 0.250. The molecule has 3 rings (SSSR count). The highest BCUT2D eigenvalue weighted by Gasteiger charge is 2.28. The average molecular weight is 308 g/mol. The Morgan fingerprint density at radius 1 is 1.15 bits per heavy atom. The van der Waals surface area contributed by atoms with Crippen molar-refractivity contribution in [2.24, 2.45) is 0 Å². The fourth-order valence-corrected chi connectivity index (χ4v) is 3.26. The number of nitrogens with one attached hydrogen (secondary N) is 1. The highest BCUT2D eigenvalue weighted by molar-refractivity contribution is 6.35. The van der Waals surface area contributed by atoms with Crippen LogP contribution in [0, 0.1) is 0 Å². The first-order valence-electron chi connectivity index (χ1n) is 6.61. The smallest absolute Gasteiger partial charge is 0.0999 e. The summed E-state index contributed by atoms with van der Waals surface area (Å²) in [5, 5.41) is 15.1. The van der Waals surface area contributed by atoms with Crippen LogP contribution in [0.15, 0.2) is 42.5 Å². The summed E-state index contributed by atoms with van der Waals surface area (Å²) < 4.78 is 0. The molecular weight excluding hydrogens is 293 g/mol. The number of rotatable bonds is 2. The zero-order valence-electron chi connectivity index (χ0n) is 10.8. The Bertz CT molecular complexity index is 630. The third kappa shape index (κ3) is 2.57. The molecule has 0 amide bonds. The van der Waals surface area contributed by atoms with Crippen molar-refractivity contribution in [2.45, 2.75) is 18.6 Å². The summed E-state index contributed by atoms with van der Waals surface area (Å²) in [5.41, 5.74) is 3.11. The summed E-state index contributed by atoms with van der Waals surface area (Å²) in [6.07, 6.45) is 0.287. The maximum atomic E-state index is 10.7. The van der Waals surface area contributed by atoms with Gasteiger partial charge in [-0.3, -0.25) is 0 Å². The third-order valence-electron chi connectivity index (χ3n) is 3.75. The van der Waals surface area contributed by atoms with Gasteiger partial charge in [0.05, 0.1) is 12.1 Å². The number of hydrogen-bond acceptors (Lipinski definition) is 2. The number of aliphatic hydroxyl groups excluding tert-OH is 1. The van der Waals surface area contributed by atoms with Crippen LogP contribution in [0.25, 0.3) is 0 Å². The largest absolute Gasteiger partial charge is 0.386 e. The van der Waals surface area contributed by atoms with Crippen LogP contribution in [0.4, 0.5) is 0 Å². The van der Waals surface area contributed by atoms with Crippen LogP contribution in [0.1, 0.15) is 28.8 Å². The van der Waals surface area contributed by atoms with Crippen LogP contribution in [0.5, 0.6) is 0 Å². The lowest BCUT2D eigenvalue weighted by molar-refractivity contribution is 0.125. The molecule has 1 aliphatic heterocycles. The van der Waals surface area contributed by atoms with E-state index in [1.165, 1.54) is 5.56 Å². The molecular formula is C16H15Cl2NO. The van der Waals surface area contributed by atoms with Gasteiger partial charge in [0, 0.05) is 15.6 Å². The SMILES string of the molecule is OC(c1ccc(Cl)cc1Cl)C1NCCc2ccccc21. The summed E-state index contributed by atoms with van der Waals surface area (Å²) in [6.45, 7) is 0.851. The molecule has 2 unspecified atom stereocenters. The van der Waals surface area contributed by atoms with Crippen LogP contribution in [-0.2, 0) is 6.42 Å². The molecule has 0 spiro atoms. The Morgan fingerprint density at radius 2 is 1.95 bits per heavy atom. The number of benzene rings is 2. The van der Waals surface area contributed by atoms with E-state index < -0.39 is 6.10 Å². The van der Waals surface area contributed by atoms with Gasteiger partial charge in [-0.1, -0.05) is 53.5 Å². The van der Waals surface area contributed by atoms with E-state index in [9.17, 15) is 5.11 Å². The van der Waals surface area contributed by atoms with Gasteiger partial charge in [0.2, 0.25) is 0 Å². The van der Waals surface area contributed by atoms with E-state index in [4.69, 9.17) is 23.2 Å². The second kappa shape index (κ2) is 5.74. The van der Waals surface area contributed by atoms with Crippen molar-refractivity contribution in [3.05, 3.63) is 69.2 Å². The van der Waals surface area contributed by atoms with E-state index >= 15 is 0 Å². The molecule has 0 saturated heterocycles. The third-order valence-corrected chi connectivity index (χ3v) is 4.31. The van der Waals surface area contributed by atoms with Gasteiger partial charge in [0.1, 0.15) is 0 Å². The molecule has 4 heteroatoms. The standard InChI is InChI=1S/C16H15Cl2NO/c17-11-5-6-13(14(18)9-11)16(20)15-12-4-2-1-3-10(12)7-8-19-15/h1-6,9,15-16,19-20H,7-8H2. The fourth-order valence-electron chi connectivity index (χ4n) is 2.74. The topological polar surface area (TPSA) is 32.3 Å². The molecule has 0 bridgehead atoms. The summed E-state index contributed by atoms with van der Waals surface area (Å²) in [6, 6.07) is 13.3. The van der Waals surface area contributed by atoms with Gasteiger partial charge in [-0.15, -0.1) is 0 Å². The van der Waals surface area contributed by atoms with Crippen LogP contribution in [0.2, 0.25) is 10.0 Å². The molecule has 0 saturated carbocycles. The number of fused-ring (bicyclic) bond motifs is 1. The van der Waals surface area contributed by atoms with E-state index in [1.807, 2.05) is 12.1 Å². The molecule has 0 radical (unpaired) electrons. The molecule has 2 nitrogen and oxygen atoms in total. The van der Waals surface area contributed by atoms with E-state index in [-0.39, 0.29) is 6.04 Å². The van der Waals surface area contributed by atoms with E-state index in [2.05, 4.69) is 17.4 Å². The molecule has 0 aromatic heterocycles. The van der Waals surface area contributed by atoms with Crippen molar-refractivity contribution in [3.63, 3.8) is 0 Å². The van der Waals surface area contributed by atoms with Crippen LogP contribution < -0.4 is 5.32 Å². The van der Waals surface area contributed by atoms with Crippen molar-refractivity contribution in [3.8, 4) is 0 Å². The van der Waals surface area contributed by atoms with Gasteiger partial charge in [-0.25, -0.2) is 0 Å². The van der Waals surface area contributed by atoms with Crippen molar-refractivity contribution < 1.29 is 5.11 Å². The minimum absolute atomic E-state index is 0.140. The molecule has 2 aromatic rings. The van der Waals surface area contributed by atoms with E-state index in [0.29, 0.717) is 15.6 Å². The maximum absolute atomic E-state index is 10.7. The van der Waals surface area contributed by atoms with Crippen LogP contribution in [0.3, 0.4) is 0 Å². The first kappa shape index (κ1) is 13.9. The molecule has 0 aliphatic carbocycles. The lowest BCUT2D eigenvalue weighted by atomic mass is 9.88. The molecule has 1 heterocycles. The van der Waals surface area contributed by atoms with Gasteiger partial charge >= 0.3 is 0 Å². The van der Waals surface area contributed by atoms with Crippen LogP contribution >= 0.6 is 23.2 Å². The van der Waals surface area contributed by atoms with E-state index in [0.717, 1.165) is 18.5 Å². The van der Waals surface area contributed by atoms with Gasteiger partial charge in [-0.05, 0) is 36.2 Å². The quantitative estimate of drug-likeness (QED) is 0.881. The van der Waals surface area contributed by atoms with Gasteiger partial charge in [0.15, 0.2) is 0 Å². The highest BCUT2D eigenvalue weighted by atomic mass is 35.5. The Balaban J connectivity index is 1.97. The van der Waals surface area contributed by atoms with Crippen LogP contribution in [-0.4, -0.2) is 11.7 Å². The Kier molecular flexibility index (Phi) is 3.99. The zero-order chi connectivity index (χ0) is 14.1. The van der Waals surface area contributed by atoms with Crippen molar-refractivity contribution in [1.82, 2.24) is 5.32 Å². The van der Waals surface area contributed by atoms with Crippen molar-refractivity contribution in [2.75, 3.05) is 6.54 Å². The first-order valence-corrected chi connectivity index (χ1v) is 7.36. The second-order valence-corrected chi connectivity index (χ2v) is 5.83. The lowest BCUT2D eigenvalue weighted by Crippen LogP contribution is -2.34. The predicted octanol–water partition coefficient (Wildman–Crippen LogP) is 3.91. The lowest BCUT2D eigenvalue weighted by Gasteiger charge is -2.31. The average Bonchev–Trinajstić information content (AvgIpc) is 2.46. The maximum Gasteiger partial charge on any atom is 0.0999 e. The second-order valence-electron chi connectivity index (χ2n) is 4.99. The molecule has 20 heavy (non-hydrogen) atoms. The number of aliphatic hydroxyl groups is 1. The highest BCUT2D eigenvalue weighted by Crippen LogP contribution is 2.36. The molecule has 1 aliphatic rings. The number of hydrogen-bond donors (Lipinski definition) is 2. The Hall–Kier alpha value is -1.06. The van der Waals surface area contributed by atoms with Gasteiger partial charge in [0.25, 0.3) is 0 Å². The minimum atomic E-state index is -0.693. The van der Waals surface area contributed by atoms with E-state index in [1.54, 1.807) is 18.2 Å². The Labute approximate surface area is 128 Å². The summed E-state index contributed by atoms with van der Waals surface area (Å²) in [5.74, 6) is 0. The monoisotopic (exact) mass is 307 g/mol. The Morgan fingerprint density at radius 3 is 2.75 bits per heavy atom. The molecule has 104 valence electrons. The first-order chi connectivity index (χ1) is 9.66. The van der Waals surface area contributed by atoms with Gasteiger partial charge < -0.3 is 10.4 Å². The molecule has 2 atom stereocenters. The minimum Gasteiger partial charge on any atom is -0.386 e. The normalized spacial score (nSPS) is 19.4. The molecule has 0 fully saturated rings. The zero-order valence-corrected chi connectivity index (χ0v) is 12.3. The number of halogens is 2. The summed E-state index contributed by atoms with van der Waals surface area (Å²) in [7, 11) is 0.